The molecule has 1 aromatic heterocycles. The van der Waals surface area contributed by atoms with E-state index < -0.39 is 5.41 Å². The van der Waals surface area contributed by atoms with Gasteiger partial charge in [0.1, 0.15) is 11.6 Å². The summed E-state index contributed by atoms with van der Waals surface area (Å²) in [6, 6.07) is 10.1. The Morgan fingerprint density at radius 2 is 1.93 bits per heavy atom. The number of nitrogens with zero attached hydrogens (tertiary/aromatic N) is 5. The van der Waals surface area contributed by atoms with Crippen molar-refractivity contribution in [3.8, 4) is 0 Å². The number of carbonyl (C=O) groups is 1. The van der Waals surface area contributed by atoms with Crippen LogP contribution in [0.3, 0.4) is 0 Å². The van der Waals surface area contributed by atoms with Crippen LogP contribution in [0.15, 0.2) is 30.3 Å². The summed E-state index contributed by atoms with van der Waals surface area (Å²) in [5.74, 6) is 2.38. The number of amides is 1. The molecular formula is C21H31N5O. The maximum atomic E-state index is 13.3. The summed E-state index contributed by atoms with van der Waals surface area (Å²) < 4.78 is 2.10. The molecule has 1 atom stereocenters. The van der Waals surface area contributed by atoms with Crippen molar-refractivity contribution < 1.29 is 4.79 Å². The zero-order chi connectivity index (χ0) is 19.6. The third-order valence-corrected chi connectivity index (χ3v) is 5.56. The molecule has 0 aliphatic carbocycles. The summed E-state index contributed by atoms with van der Waals surface area (Å²) in [7, 11) is 6.09. The lowest BCUT2D eigenvalue weighted by Gasteiger charge is -2.37. The van der Waals surface area contributed by atoms with Crippen LogP contribution in [0.4, 0.5) is 0 Å². The molecule has 27 heavy (non-hydrogen) atoms. The quantitative estimate of drug-likeness (QED) is 0.813. The van der Waals surface area contributed by atoms with Crippen molar-refractivity contribution in [2.75, 3.05) is 27.2 Å². The summed E-state index contributed by atoms with van der Waals surface area (Å²) in [6.45, 7) is 6.33. The van der Waals surface area contributed by atoms with Gasteiger partial charge in [0.25, 0.3) is 0 Å². The highest BCUT2D eigenvalue weighted by atomic mass is 16.2. The fraction of sp³-hybridized carbons (Fsp3) is 0.571. The summed E-state index contributed by atoms with van der Waals surface area (Å²) in [4.78, 5) is 17.4. The molecule has 2 heterocycles. The molecule has 2 aromatic rings. The van der Waals surface area contributed by atoms with Crippen LogP contribution >= 0.6 is 0 Å². The number of rotatable bonds is 5. The summed E-state index contributed by atoms with van der Waals surface area (Å²) in [5, 5.41) is 8.82. The maximum Gasteiger partial charge on any atom is 0.232 e. The lowest BCUT2D eigenvalue weighted by molar-refractivity contribution is -0.137. The Balaban J connectivity index is 1.76. The zero-order valence-electron chi connectivity index (χ0n) is 17.1. The molecule has 6 nitrogen and oxygen atoms in total. The van der Waals surface area contributed by atoms with E-state index in [1.54, 1.807) is 0 Å². The van der Waals surface area contributed by atoms with Gasteiger partial charge in [-0.05, 0) is 46.3 Å². The average molecular weight is 370 g/mol. The normalized spacial score (nSPS) is 18.1. The van der Waals surface area contributed by atoms with Gasteiger partial charge < -0.3 is 14.4 Å². The average Bonchev–Trinajstić information content (AvgIpc) is 3.01. The minimum absolute atomic E-state index is 0.189. The number of likely N-dealkylation sites (tertiary alicyclic amines) is 1. The lowest BCUT2D eigenvalue weighted by atomic mass is 9.82. The number of aromatic nitrogens is 3. The smallest absolute Gasteiger partial charge is 0.232 e. The predicted molar refractivity (Wildman–Crippen MR) is 106 cm³/mol. The molecule has 6 heteroatoms. The molecule has 1 aliphatic heterocycles. The highest BCUT2D eigenvalue weighted by Gasteiger charge is 2.37. The van der Waals surface area contributed by atoms with Crippen molar-refractivity contribution in [2.24, 2.45) is 7.05 Å². The number of piperidine rings is 1. The van der Waals surface area contributed by atoms with E-state index in [0.717, 1.165) is 43.1 Å². The molecule has 1 amide bonds. The number of hydrogen-bond acceptors (Lipinski definition) is 4. The SMILES string of the molecule is CN(C)Cc1nnc([C@H]2CCCN(C(=O)C(C)(C)c3ccccc3)C2)n1C. The first-order valence-electron chi connectivity index (χ1n) is 9.68. The molecule has 0 bridgehead atoms. The van der Waals surface area contributed by atoms with Gasteiger partial charge in [-0.2, -0.15) is 0 Å². The standard InChI is InChI=1S/C21H31N5O/c1-21(2,17-11-7-6-8-12-17)20(27)26-13-9-10-16(14-26)19-23-22-18(25(19)5)15-24(3)4/h6-8,11-12,16H,9-10,13-15H2,1-5H3/t16-/m0/s1. The third-order valence-electron chi connectivity index (χ3n) is 5.56. The largest absolute Gasteiger partial charge is 0.341 e. The molecule has 1 aliphatic rings. The van der Waals surface area contributed by atoms with Crippen LogP contribution in [0.1, 0.15) is 49.8 Å². The van der Waals surface area contributed by atoms with Gasteiger partial charge in [-0.3, -0.25) is 4.79 Å². The highest BCUT2D eigenvalue weighted by Crippen LogP contribution is 2.31. The van der Waals surface area contributed by atoms with Gasteiger partial charge in [0, 0.05) is 26.1 Å². The van der Waals surface area contributed by atoms with Gasteiger partial charge in [0.2, 0.25) is 5.91 Å². The zero-order valence-corrected chi connectivity index (χ0v) is 17.1. The van der Waals surface area contributed by atoms with Gasteiger partial charge in [-0.1, -0.05) is 30.3 Å². The third kappa shape index (κ3) is 4.05. The van der Waals surface area contributed by atoms with E-state index in [1.807, 2.05) is 70.2 Å². The first-order chi connectivity index (χ1) is 12.8. The Morgan fingerprint density at radius 3 is 2.59 bits per heavy atom. The number of benzene rings is 1. The Kier molecular flexibility index (Phi) is 5.65. The second-order valence-electron chi connectivity index (χ2n) is 8.35. The van der Waals surface area contributed by atoms with Crippen molar-refractivity contribution in [1.82, 2.24) is 24.6 Å². The van der Waals surface area contributed by atoms with Crippen molar-refractivity contribution in [2.45, 2.75) is 44.6 Å². The van der Waals surface area contributed by atoms with E-state index in [-0.39, 0.29) is 11.8 Å². The Bertz CT molecular complexity index is 781. The molecule has 1 aromatic carbocycles. The number of hydrogen-bond donors (Lipinski definition) is 0. The second-order valence-corrected chi connectivity index (χ2v) is 8.35. The minimum atomic E-state index is -0.529. The van der Waals surface area contributed by atoms with Crippen LogP contribution in [0, 0.1) is 0 Å². The molecule has 0 radical (unpaired) electrons. The second kappa shape index (κ2) is 7.80. The van der Waals surface area contributed by atoms with E-state index in [9.17, 15) is 4.79 Å². The molecule has 0 unspecified atom stereocenters. The maximum absolute atomic E-state index is 13.3. The highest BCUT2D eigenvalue weighted by molar-refractivity contribution is 5.87. The van der Waals surface area contributed by atoms with Crippen LogP contribution in [0.25, 0.3) is 0 Å². The van der Waals surface area contributed by atoms with Gasteiger partial charge in [-0.25, -0.2) is 0 Å². The minimum Gasteiger partial charge on any atom is -0.341 e. The molecule has 3 rings (SSSR count). The summed E-state index contributed by atoms with van der Waals surface area (Å²) >= 11 is 0. The summed E-state index contributed by atoms with van der Waals surface area (Å²) in [5.41, 5.74) is 0.531. The molecule has 1 saturated heterocycles. The van der Waals surface area contributed by atoms with Gasteiger partial charge in [-0.15, -0.1) is 10.2 Å². The molecule has 0 spiro atoms. The molecule has 0 saturated carbocycles. The molecule has 146 valence electrons. The van der Waals surface area contributed by atoms with Crippen LogP contribution in [0.2, 0.25) is 0 Å². The monoisotopic (exact) mass is 369 g/mol. The van der Waals surface area contributed by atoms with Crippen LogP contribution < -0.4 is 0 Å². The van der Waals surface area contributed by atoms with Gasteiger partial charge >= 0.3 is 0 Å². The Hall–Kier alpha value is -2.21. The predicted octanol–water partition coefficient (Wildman–Crippen LogP) is 2.56. The fourth-order valence-electron chi connectivity index (χ4n) is 3.90. The van der Waals surface area contributed by atoms with Crippen molar-refractivity contribution in [3.05, 3.63) is 47.5 Å². The first kappa shape index (κ1) is 19.5. The Morgan fingerprint density at radius 1 is 1.22 bits per heavy atom. The van der Waals surface area contributed by atoms with Crippen LogP contribution in [-0.4, -0.2) is 57.7 Å². The van der Waals surface area contributed by atoms with Crippen molar-refractivity contribution in [1.29, 1.82) is 0 Å². The fourth-order valence-corrected chi connectivity index (χ4v) is 3.90. The van der Waals surface area contributed by atoms with Crippen molar-refractivity contribution >= 4 is 5.91 Å². The Labute approximate surface area is 162 Å². The van der Waals surface area contributed by atoms with Gasteiger partial charge in [0.15, 0.2) is 0 Å². The van der Waals surface area contributed by atoms with E-state index in [4.69, 9.17) is 0 Å². The topological polar surface area (TPSA) is 54.3 Å². The van der Waals surface area contributed by atoms with E-state index in [0.29, 0.717) is 6.54 Å². The van der Waals surface area contributed by atoms with E-state index in [1.165, 1.54) is 0 Å². The van der Waals surface area contributed by atoms with E-state index in [2.05, 4.69) is 19.7 Å². The van der Waals surface area contributed by atoms with Crippen LogP contribution in [0.5, 0.6) is 0 Å². The number of carbonyl (C=O) groups excluding carboxylic acids is 1. The summed E-state index contributed by atoms with van der Waals surface area (Å²) in [6.07, 6.45) is 2.04. The molecule has 0 N–H and O–H groups in total. The first-order valence-corrected chi connectivity index (χ1v) is 9.68. The van der Waals surface area contributed by atoms with E-state index >= 15 is 0 Å². The lowest BCUT2D eigenvalue weighted by Crippen LogP contribution is -2.47. The molecule has 1 fully saturated rings. The molecular weight excluding hydrogens is 338 g/mol. The van der Waals surface area contributed by atoms with Crippen LogP contribution in [-0.2, 0) is 23.8 Å². The van der Waals surface area contributed by atoms with Gasteiger partial charge in [0.05, 0.1) is 12.0 Å². The van der Waals surface area contributed by atoms with Crippen molar-refractivity contribution in [3.63, 3.8) is 0 Å².